The van der Waals surface area contributed by atoms with E-state index in [1.54, 1.807) is 20.3 Å². The Morgan fingerprint density at radius 2 is 1.88 bits per heavy atom. The topological polar surface area (TPSA) is 89.9 Å². The Morgan fingerprint density at radius 1 is 1.19 bits per heavy atom. The summed E-state index contributed by atoms with van der Waals surface area (Å²) in [6.07, 6.45) is 1.90. The van der Waals surface area contributed by atoms with Gasteiger partial charge in [-0.2, -0.15) is 0 Å². The smallest absolute Gasteiger partial charge is 0.272 e. The van der Waals surface area contributed by atoms with Crippen LogP contribution >= 0.6 is 0 Å². The fraction of sp³-hybridized carbons (Fsp3) is 0.500. The van der Waals surface area contributed by atoms with Gasteiger partial charge in [-0.05, 0) is 30.9 Å². The largest absolute Gasteiger partial charge is 0.496 e. The maximum absolute atomic E-state index is 12.9. The summed E-state index contributed by atoms with van der Waals surface area (Å²) in [5, 5.41) is 6.82. The van der Waals surface area contributed by atoms with Crippen molar-refractivity contribution in [3.8, 4) is 11.5 Å². The van der Waals surface area contributed by atoms with Crippen LogP contribution < -0.4 is 20.3 Å². The van der Waals surface area contributed by atoms with E-state index in [0.717, 1.165) is 54.5 Å². The highest BCUT2D eigenvalue weighted by molar-refractivity contribution is 5.45. The Balaban J connectivity index is 1.62. The molecular formula is C24H32N4O4. The number of hydrogen-bond donors (Lipinski definition) is 2. The molecule has 0 aliphatic carbocycles. The first-order valence-electron chi connectivity index (χ1n) is 11.2. The van der Waals surface area contributed by atoms with Crippen LogP contribution in [0, 0.1) is 5.92 Å². The first-order chi connectivity index (χ1) is 15.5. The summed E-state index contributed by atoms with van der Waals surface area (Å²) in [6, 6.07) is 9.25. The van der Waals surface area contributed by atoms with Crippen molar-refractivity contribution in [3.05, 3.63) is 57.6 Å². The fourth-order valence-electron chi connectivity index (χ4n) is 4.40. The molecule has 0 saturated carbocycles. The second-order valence-electron chi connectivity index (χ2n) is 8.55. The molecule has 2 aromatic heterocycles. The van der Waals surface area contributed by atoms with E-state index in [-0.39, 0.29) is 17.5 Å². The molecule has 1 fully saturated rings. The summed E-state index contributed by atoms with van der Waals surface area (Å²) in [4.78, 5) is 17.7. The van der Waals surface area contributed by atoms with Crippen LogP contribution in [0.4, 0.5) is 0 Å². The molecule has 172 valence electrons. The van der Waals surface area contributed by atoms with Gasteiger partial charge in [0, 0.05) is 49.1 Å². The lowest BCUT2D eigenvalue weighted by Crippen LogP contribution is -2.29. The van der Waals surface area contributed by atoms with Crippen LogP contribution in [0.15, 0.2) is 35.1 Å². The molecule has 0 spiro atoms. The van der Waals surface area contributed by atoms with E-state index in [9.17, 15) is 4.79 Å². The highest BCUT2D eigenvalue weighted by atomic mass is 16.5. The molecule has 2 N–H and O–H groups in total. The maximum atomic E-state index is 12.9. The average Bonchev–Trinajstić information content (AvgIpc) is 3.24. The number of nitrogens with one attached hydrogen (secondary N) is 2. The predicted molar refractivity (Wildman–Crippen MR) is 123 cm³/mol. The SMILES string of the molecule is COc1cccc(OC)c1CNC(c1cc(=O)n2[nH]c(C3CCOCC3)cc2n1)C(C)C. The zero-order valence-electron chi connectivity index (χ0n) is 19.2. The van der Waals surface area contributed by atoms with Crippen molar-refractivity contribution in [2.45, 2.75) is 45.2 Å². The van der Waals surface area contributed by atoms with Gasteiger partial charge in [-0.15, -0.1) is 0 Å². The lowest BCUT2D eigenvalue weighted by atomic mass is 9.97. The number of methoxy groups -OCH3 is 2. The summed E-state index contributed by atoms with van der Waals surface area (Å²) < 4.78 is 18.0. The number of hydrogen-bond acceptors (Lipinski definition) is 6. The Bertz CT molecular complexity index is 1090. The molecule has 1 saturated heterocycles. The quantitative estimate of drug-likeness (QED) is 0.558. The van der Waals surface area contributed by atoms with Crippen molar-refractivity contribution in [3.63, 3.8) is 0 Å². The fourth-order valence-corrected chi connectivity index (χ4v) is 4.40. The Kier molecular flexibility index (Phi) is 6.81. The minimum atomic E-state index is -0.108. The van der Waals surface area contributed by atoms with Crippen LogP contribution in [0.25, 0.3) is 5.65 Å². The molecular weight excluding hydrogens is 408 g/mol. The van der Waals surface area contributed by atoms with E-state index in [1.807, 2.05) is 24.3 Å². The third-order valence-electron chi connectivity index (χ3n) is 6.17. The van der Waals surface area contributed by atoms with E-state index in [2.05, 4.69) is 24.3 Å². The van der Waals surface area contributed by atoms with Gasteiger partial charge in [0.2, 0.25) is 0 Å². The molecule has 0 amide bonds. The number of rotatable bonds is 8. The van der Waals surface area contributed by atoms with Crippen molar-refractivity contribution < 1.29 is 14.2 Å². The molecule has 0 bridgehead atoms. The Hall–Kier alpha value is -2.84. The predicted octanol–water partition coefficient (Wildman–Crippen LogP) is 3.42. The second kappa shape index (κ2) is 9.75. The molecule has 1 aliphatic rings. The number of fused-ring (bicyclic) bond motifs is 1. The monoisotopic (exact) mass is 440 g/mol. The third-order valence-corrected chi connectivity index (χ3v) is 6.17. The highest BCUT2D eigenvalue weighted by Gasteiger charge is 2.23. The normalized spacial score (nSPS) is 15.9. The average molecular weight is 441 g/mol. The number of aromatic amines is 1. The van der Waals surface area contributed by atoms with Crippen LogP contribution in [0.5, 0.6) is 11.5 Å². The molecule has 3 heterocycles. The molecule has 1 unspecified atom stereocenters. The molecule has 32 heavy (non-hydrogen) atoms. The van der Waals surface area contributed by atoms with Gasteiger partial charge in [0.15, 0.2) is 5.65 Å². The summed E-state index contributed by atoms with van der Waals surface area (Å²) >= 11 is 0. The van der Waals surface area contributed by atoms with Crippen molar-refractivity contribution in [1.29, 1.82) is 0 Å². The molecule has 8 nitrogen and oxygen atoms in total. The van der Waals surface area contributed by atoms with Gasteiger partial charge in [0.25, 0.3) is 5.56 Å². The minimum Gasteiger partial charge on any atom is -0.496 e. The van der Waals surface area contributed by atoms with E-state index < -0.39 is 0 Å². The first kappa shape index (κ1) is 22.4. The number of aromatic nitrogens is 3. The van der Waals surface area contributed by atoms with Crippen LogP contribution in [-0.4, -0.2) is 42.0 Å². The zero-order chi connectivity index (χ0) is 22.7. The van der Waals surface area contributed by atoms with Gasteiger partial charge < -0.3 is 19.5 Å². The highest BCUT2D eigenvalue weighted by Crippen LogP contribution is 2.30. The van der Waals surface area contributed by atoms with Crippen molar-refractivity contribution in [2.24, 2.45) is 5.92 Å². The standard InChI is InChI=1S/C24H32N4O4/c1-15(2)24(25-14-17-20(30-3)6-5-7-21(17)31-4)19-13-23(29)28-22(26-19)12-18(27-28)16-8-10-32-11-9-16/h5-7,12-13,15-16,24-25,27H,8-11,14H2,1-4H3. The van der Waals surface area contributed by atoms with Gasteiger partial charge in [0.05, 0.1) is 26.0 Å². The summed E-state index contributed by atoms with van der Waals surface area (Å²) in [5.41, 5.74) is 3.26. The van der Waals surface area contributed by atoms with Crippen molar-refractivity contribution in [2.75, 3.05) is 27.4 Å². The van der Waals surface area contributed by atoms with Gasteiger partial charge in [-0.1, -0.05) is 19.9 Å². The molecule has 1 aliphatic heterocycles. The zero-order valence-corrected chi connectivity index (χ0v) is 19.2. The summed E-state index contributed by atoms with van der Waals surface area (Å²) in [6.45, 7) is 6.26. The lowest BCUT2D eigenvalue weighted by Gasteiger charge is -2.23. The van der Waals surface area contributed by atoms with Crippen molar-refractivity contribution in [1.82, 2.24) is 19.9 Å². The molecule has 4 rings (SSSR count). The van der Waals surface area contributed by atoms with Gasteiger partial charge >= 0.3 is 0 Å². The maximum Gasteiger partial charge on any atom is 0.272 e. The lowest BCUT2D eigenvalue weighted by molar-refractivity contribution is 0.0844. The molecule has 3 aromatic rings. The molecule has 8 heteroatoms. The molecule has 1 aromatic carbocycles. The number of nitrogens with zero attached hydrogens (tertiary/aromatic N) is 2. The van der Waals surface area contributed by atoms with E-state index in [1.165, 1.54) is 4.52 Å². The molecule has 0 radical (unpaired) electrons. The summed E-state index contributed by atoms with van der Waals surface area (Å²) in [7, 11) is 3.30. The van der Waals surface area contributed by atoms with E-state index in [0.29, 0.717) is 18.1 Å². The minimum absolute atomic E-state index is 0.106. The van der Waals surface area contributed by atoms with Gasteiger partial charge in [-0.25, -0.2) is 9.50 Å². The number of ether oxygens (including phenoxy) is 3. The van der Waals surface area contributed by atoms with Crippen LogP contribution in [-0.2, 0) is 11.3 Å². The van der Waals surface area contributed by atoms with Gasteiger partial charge in [0.1, 0.15) is 11.5 Å². The molecule has 1 atom stereocenters. The van der Waals surface area contributed by atoms with Crippen LogP contribution in [0.3, 0.4) is 0 Å². The number of benzene rings is 1. The number of H-pyrrole nitrogens is 1. The van der Waals surface area contributed by atoms with E-state index in [4.69, 9.17) is 19.2 Å². The first-order valence-corrected chi connectivity index (χ1v) is 11.2. The van der Waals surface area contributed by atoms with Crippen LogP contribution in [0.1, 0.15) is 55.6 Å². The second-order valence-corrected chi connectivity index (χ2v) is 8.55. The van der Waals surface area contributed by atoms with Gasteiger partial charge in [-0.3, -0.25) is 9.89 Å². The van der Waals surface area contributed by atoms with E-state index >= 15 is 0 Å². The van der Waals surface area contributed by atoms with Crippen LogP contribution in [0.2, 0.25) is 0 Å². The van der Waals surface area contributed by atoms with Crippen molar-refractivity contribution >= 4 is 5.65 Å². The summed E-state index contributed by atoms with van der Waals surface area (Å²) in [5.74, 6) is 2.11. The Labute approximate surface area is 187 Å². The third kappa shape index (κ3) is 4.52. The Morgan fingerprint density at radius 3 is 2.50 bits per heavy atom.